The van der Waals surface area contributed by atoms with Crippen molar-refractivity contribution in [3.05, 3.63) is 23.3 Å². The van der Waals surface area contributed by atoms with E-state index in [0.29, 0.717) is 17.5 Å². The minimum Gasteiger partial charge on any atom is -0.398 e. The molecule has 1 aromatic rings. The molecule has 0 saturated carbocycles. The standard InChI is InChI=1S/C13H20N2O2S2/c1-9-6-12(7-13(14)10(9)2)19(16,17)15-8-11-4-3-5-18-11/h6-7,11,15H,3-5,8,14H2,1-2H3. The van der Waals surface area contributed by atoms with Crippen molar-refractivity contribution in [2.75, 3.05) is 18.0 Å². The molecule has 1 aromatic carbocycles. The molecule has 1 aliphatic rings. The molecule has 1 atom stereocenters. The Morgan fingerprint density at radius 2 is 2.16 bits per heavy atom. The Balaban J connectivity index is 2.14. The summed E-state index contributed by atoms with van der Waals surface area (Å²) in [4.78, 5) is 0.260. The fourth-order valence-corrected chi connectivity index (χ4v) is 4.61. The van der Waals surface area contributed by atoms with Gasteiger partial charge in [-0.15, -0.1) is 0 Å². The van der Waals surface area contributed by atoms with E-state index >= 15 is 0 Å². The molecule has 0 bridgehead atoms. The Morgan fingerprint density at radius 3 is 2.74 bits per heavy atom. The molecule has 1 unspecified atom stereocenters. The van der Waals surface area contributed by atoms with E-state index in [9.17, 15) is 8.42 Å². The highest BCUT2D eigenvalue weighted by Crippen LogP contribution is 2.26. The molecule has 0 spiro atoms. The maximum Gasteiger partial charge on any atom is 0.240 e. The first-order valence-corrected chi connectivity index (χ1v) is 8.91. The Labute approximate surface area is 119 Å². The fourth-order valence-electron chi connectivity index (χ4n) is 2.10. The minimum atomic E-state index is -3.45. The summed E-state index contributed by atoms with van der Waals surface area (Å²) in [7, 11) is -3.45. The van der Waals surface area contributed by atoms with Crippen LogP contribution < -0.4 is 10.5 Å². The van der Waals surface area contributed by atoms with Crippen molar-refractivity contribution in [2.24, 2.45) is 0 Å². The zero-order valence-electron chi connectivity index (χ0n) is 11.3. The lowest BCUT2D eigenvalue weighted by Crippen LogP contribution is -2.30. The summed E-state index contributed by atoms with van der Waals surface area (Å²) in [6, 6.07) is 3.21. The highest BCUT2D eigenvalue weighted by atomic mass is 32.2. The summed E-state index contributed by atoms with van der Waals surface area (Å²) in [5.41, 5.74) is 8.20. The van der Waals surface area contributed by atoms with Crippen molar-refractivity contribution >= 4 is 27.5 Å². The molecule has 0 aliphatic carbocycles. The highest BCUT2D eigenvalue weighted by molar-refractivity contribution is 8.00. The number of thioether (sulfide) groups is 1. The predicted molar refractivity (Wildman–Crippen MR) is 81.0 cm³/mol. The lowest BCUT2D eigenvalue weighted by atomic mass is 10.1. The molecule has 1 fully saturated rings. The normalized spacial score (nSPS) is 19.8. The summed E-state index contributed by atoms with van der Waals surface area (Å²) in [5.74, 6) is 1.13. The minimum absolute atomic E-state index is 0.260. The molecule has 2 rings (SSSR count). The SMILES string of the molecule is Cc1cc(S(=O)(=O)NCC2CCCS2)cc(N)c1C. The van der Waals surface area contributed by atoms with Gasteiger partial charge >= 0.3 is 0 Å². The third-order valence-electron chi connectivity index (χ3n) is 3.52. The van der Waals surface area contributed by atoms with E-state index in [-0.39, 0.29) is 4.90 Å². The zero-order valence-corrected chi connectivity index (χ0v) is 12.9. The fraction of sp³-hybridized carbons (Fsp3) is 0.538. The number of nitrogens with one attached hydrogen (secondary N) is 1. The lowest BCUT2D eigenvalue weighted by molar-refractivity contribution is 0.579. The lowest BCUT2D eigenvalue weighted by Gasteiger charge is -2.13. The number of anilines is 1. The molecule has 1 saturated heterocycles. The van der Waals surface area contributed by atoms with Crippen LogP contribution in [0.25, 0.3) is 0 Å². The average Bonchev–Trinajstić information content (AvgIpc) is 2.86. The maximum absolute atomic E-state index is 12.2. The molecule has 6 heteroatoms. The van der Waals surface area contributed by atoms with Crippen molar-refractivity contribution in [1.82, 2.24) is 4.72 Å². The van der Waals surface area contributed by atoms with Crippen LogP contribution in [0.4, 0.5) is 5.69 Å². The molecule has 0 amide bonds. The van der Waals surface area contributed by atoms with Gasteiger partial charge in [0.1, 0.15) is 0 Å². The van der Waals surface area contributed by atoms with Gasteiger partial charge in [0.25, 0.3) is 0 Å². The number of nitrogen functional groups attached to an aromatic ring is 1. The molecule has 0 radical (unpaired) electrons. The van der Waals surface area contributed by atoms with Crippen LogP contribution in [0.5, 0.6) is 0 Å². The van der Waals surface area contributed by atoms with Crippen molar-refractivity contribution < 1.29 is 8.42 Å². The number of sulfonamides is 1. The van der Waals surface area contributed by atoms with Gasteiger partial charge in [0.15, 0.2) is 0 Å². The van der Waals surface area contributed by atoms with Crippen LogP contribution in [0.1, 0.15) is 24.0 Å². The van der Waals surface area contributed by atoms with Crippen molar-refractivity contribution in [3.63, 3.8) is 0 Å². The van der Waals surface area contributed by atoms with Gasteiger partial charge in [0.2, 0.25) is 10.0 Å². The van der Waals surface area contributed by atoms with Crippen molar-refractivity contribution in [3.8, 4) is 0 Å². The molecular formula is C13H20N2O2S2. The van der Waals surface area contributed by atoms with Crippen LogP contribution in [-0.2, 0) is 10.0 Å². The van der Waals surface area contributed by atoms with Crippen LogP contribution in [0.15, 0.2) is 17.0 Å². The van der Waals surface area contributed by atoms with Gasteiger partial charge in [-0.25, -0.2) is 13.1 Å². The van der Waals surface area contributed by atoms with Crippen LogP contribution in [-0.4, -0.2) is 26.0 Å². The average molecular weight is 300 g/mol. The van der Waals surface area contributed by atoms with Crippen LogP contribution in [0, 0.1) is 13.8 Å². The molecule has 0 aromatic heterocycles. The van der Waals surface area contributed by atoms with E-state index in [4.69, 9.17) is 5.73 Å². The second kappa shape index (κ2) is 5.73. The topological polar surface area (TPSA) is 72.2 Å². The molecule has 1 aliphatic heterocycles. The first-order chi connectivity index (χ1) is 8.90. The number of rotatable bonds is 4. The van der Waals surface area contributed by atoms with E-state index < -0.39 is 10.0 Å². The third kappa shape index (κ3) is 3.43. The quantitative estimate of drug-likeness (QED) is 0.835. The Bertz CT molecular complexity index is 541. The Hall–Kier alpha value is -0.720. The van der Waals surface area contributed by atoms with Gasteiger partial charge < -0.3 is 5.73 Å². The maximum atomic E-state index is 12.2. The largest absolute Gasteiger partial charge is 0.398 e. The summed E-state index contributed by atoms with van der Waals surface area (Å²) in [5, 5.41) is 0.402. The predicted octanol–water partition coefficient (Wildman–Crippen LogP) is 2.06. The van der Waals surface area contributed by atoms with Crippen LogP contribution in [0.3, 0.4) is 0 Å². The smallest absolute Gasteiger partial charge is 0.240 e. The molecule has 19 heavy (non-hydrogen) atoms. The summed E-state index contributed by atoms with van der Waals surface area (Å²) in [6.45, 7) is 4.26. The van der Waals surface area contributed by atoms with E-state index in [0.717, 1.165) is 23.3 Å². The highest BCUT2D eigenvalue weighted by Gasteiger charge is 2.21. The van der Waals surface area contributed by atoms with Crippen LogP contribution in [0.2, 0.25) is 0 Å². The summed E-state index contributed by atoms with van der Waals surface area (Å²) < 4.78 is 27.1. The zero-order chi connectivity index (χ0) is 14.0. The molecule has 106 valence electrons. The summed E-state index contributed by atoms with van der Waals surface area (Å²) in [6.07, 6.45) is 2.26. The second-order valence-electron chi connectivity index (χ2n) is 4.94. The van der Waals surface area contributed by atoms with Gasteiger partial charge in [0, 0.05) is 17.5 Å². The Kier molecular flexibility index (Phi) is 4.43. The van der Waals surface area contributed by atoms with Gasteiger partial charge in [-0.05, 0) is 55.7 Å². The number of aryl methyl sites for hydroxylation is 1. The number of benzene rings is 1. The van der Waals surface area contributed by atoms with Gasteiger partial charge in [-0.2, -0.15) is 11.8 Å². The first kappa shape index (κ1) is 14.7. The van der Waals surface area contributed by atoms with Crippen LogP contribution >= 0.6 is 11.8 Å². The van der Waals surface area contributed by atoms with E-state index in [1.165, 1.54) is 12.5 Å². The summed E-state index contributed by atoms with van der Waals surface area (Å²) >= 11 is 1.84. The molecule has 4 nitrogen and oxygen atoms in total. The number of nitrogens with two attached hydrogens (primary N) is 1. The van der Waals surface area contributed by atoms with E-state index in [1.54, 1.807) is 6.07 Å². The second-order valence-corrected chi connectivity index (χ2v) is 8.12. The van der Waals surface area contributed by atoms with Gasteiger partial charge in [0.05, 0.1) is 4.90 Å². The van der Waals surface area contributed by atoms with Crippen molar-refractivity contribution in [1.29, 1.82) is 0 Å². The molecule has 1 heterocycles. The molecular weight excluding hydrogens is 280 g/mol. The van der Waals surface area contributed by atoms with Gasteiger partial charge in [-0.1, -0.05) is 0 Å². The van der Waals surface area contributed by atoms with Crippen molar-refractivity contribution in [2.45, 2.75) is 36.8 Å². The number of hydrogen-bond donors (Lipinski definition) is 2. The van der Waals surface area contributed by atoms with E-state index in [2.05, 4.69) is 4.72 Å². The Morgan fingerprint density at radius 1 is 1.42 bits per heavy atom. The number of hydrogen-bond acceptors (Lipinski definition) is 4. The monoisotopic (exact) mass is 300 g/mol. The third-order valence-corrected chi connectivity index (χ3v) is 6.32. The first-order valence-electron chi connectivity index (χ1n) is 6.38. The molecule has 3 N–H and O–H groups in total. The van der Waals surface area contributed by atoms with Gasteiger partial charge in [-0.3, -0.25) is 0 Å². The van der Waals surface area contributed by atoms with E-state index in [1.807, 2.05) is 25.6 Å².